The molecule has 0 aliphatic heterocycles. The van der Waals surface area contributed by atoms with Crippen molar-refractivity contribution in [2.24, 2.45) is 10.7 Å². The predicted molar refractivity (Wildman–Crippen MR) is 86.9 cm³/mol. The van der Waals surface area contributed by atoms with Crippen molar-refractivity contribution >= 4 is 11.6 Å². The van der Waals surface area contributed by atoms with E-state index in [0.29, 0.717) is 29.1 Å². The molecule has 0 fully saturated rings. The first kappa shape index (κ1) is 15.0. The lowest BCUT2D eigenvalue weighted by molar-refractivity contribution is 0.103. The fourth-order valence-electron chi connectivity index (χ4n) is 2.08. The Morgan fingerprint density at radius 3 is 2.29 bits per heavy atom. The number of nitrogens with two attached hydrogens (primary N) is 1. The lowest BCUT2D eigenvalue weighted by Gasteiger charge is -2.08. The molecular weight excluding hydrogens is 260 g/mol. The molecule has 0 spiro atoms. The fourth-order valence-corrected chi connectivity index (χ4v) is 2.08. The van der Waals surface area contributed by atoms with Gasteiger partial charge in [-0.3, -0.25) is 9.79 Å². The van der Waals surface area contributed by atoms with Crippen LogP contribution in [-0.2, 0) is 0 Å². The molecule has 0 amide bonds. The molecule has 0 aliphatic carbocycles. The minimum atomic E-state index is -0.0275. The molecule has 2 N–H and O–H groups in total. The second kappa shape index (κ2) is 6.84. The maximum atomic E-state index is 12.6. The van der Waals surface area contributed by atoms with Gasteiger partial charge in [-0.05, 0) is 13.3 Å². The van der Waals surface area contributed by atoms with Crippen LogP contribution in [0, 0.1) is 6.92 Å². The fraction of sp³-hybridized carbons (Fsp3) is 0.222. The molecule has 0 atom stereocenters. The number of carbonyl (C=O) groups excluding carboxylic acids is 1. The van der Waals surface area contributed by atoms with Crippen molar-refractivity contribution in [3.05, 3.63) is 70.8 Å². The summed E-state index contributed by atoms with van der Waals surface area (Å²) in [5.74, 6) is 0.396. The van der Waals surface area contributed by atoms with E-state index in [-0.39, 0.29) is 5.78 Å². The smallest absolute Gasteiger partial charge is 0.193 e. The highest BCUT2D eigenvalue weighted by atomic mass is 16.1. The van der Waals surface area contributed by atoms with Crippen LogP contribution in [0.5, 0.6) is 0 Å². The lowest BCUT2D eigenvalue weighted by atomic mass is 9.97. The first-order valence-corrected chi connectivity index (χ1v) is 7.14. The standard InChI is InChI=1S/C18H20N2O/c1-3-12-20-18(19)16-7-5-4-6-15(16)17(21)14-10-8-13(2)9-11-14/h4-11H,3,12H2,1-2H3,(H2,19,20). The van der Waals surface area contributed by atoms with E-state index >= 15 is 0 Å². The molecule has 2 aromatic rings. The Morgan fingerprint density at radius 1 is 1.05 bits per heavy atom. The summed E-state index contributed by atoms with van der Waals surface area (Å²) in [5.41, 5.74) is 9.11. The van der Waals surface area contributed by atoms with Gasteiger partial charge < -0.3 is 5.73 Å². The molecule has 21 heavy (non-hydrogen) atoms. The number of carbonyl (C=O) groups is 1. The van der Waals surface area contributed by atoms with Crippen LogP contribution in [0.2, 0.25) is 0 Å². The van der Waals surface area contributed by atoms with Crippen LogP contribution in [0.1, 0.15) is 40.4 Å². The van der Waals surface area contributed by atoms with E-state index < -0.39 is 0 Å². The Hall–Kier alpha value is -2.42. The molecule has 3 nitrogen and oxygen atoms in total. The summed E-state index contributed by atoms with van der Waals surface area (Å²) in [7, 11) is 0. The SMILES string of the molecule is CCCN=C(N)c1ccccc1C(=O)c1ccc(C)cc1. The third-order valence-electron chi connectivity index (χ3n) is 3.27. The number of aryl methyl sites for hydroxylation is 1. The van der Waals surface area contributed by atoms with Gasteiger partial charge in [0.25, 0.3) is 0 Å². The summed E-state index contributed by atoms with van der Waals surface area (Å²) < 4.78 is 0. The molecule has 0 heterocycles. The molecule has 3 heteroatoms. The van der Waals surface area contributed by atoms with Crippen molar-refractivity contribution in [2.45, 2.75) is 20.3 Å². The highest BCUT2D eigenvalue weighted by Gasteiger charge is 2.14. The number of nitrogens with zero attached hydrogens (tertiary/aromatic N) is 1. The molecule has 0 saturated carbocycles. The highest BCUT2D eigenvalue weighted by Crippen LogP contribution is 2.15. The van der Waals surface area contributed by atoms with Crippen molar-refractivity contribution in [3.63, 3.8) is 0 Å². The molecule has 2 aromatic carbocycles. The first-order chi connectivity index (χ1) is 10.1. The summed E-state index contributed by atoms with van der Waals surface area (Å²) in [6.07, 6.45) is 0.925. The van der Waals surface area contributed by atoms with Crippen molar-refractivity contribution < 1.29 is 4.79 Å². The molecule has 0 saturated heterocycles. The average Bonchev–Trinajstić information content (AvgIpc) is 2.52. The van der Waals surface area contributed by atoms with Gasteiger partial charge in [-0.25, -0.2) is 0 Å². The van der Waals surface area contributed by atoms with E-state index in [1.54, 1.807) is 6.07 Å². The van der Waals surface area contributed by atoms with Crippen LogP contribution < -0.4 is 5.73 Å². The van der Waals surface area contributed by atoms with Crippen LogP contribution in [-0.4, -0.2) is 18.2 Å². The molecule has 0 aliphatic rings. The van der Waals surface area contributed by atoms with E-state index in [1.165, 1.54) is 0 Å². The molecular formula is C18H20N2O. The van der Waals surface area contributed by atoms with Gasteiger partial charge in [-0.2, -0.15) is 0 Å². The number of amidine groups is 1. The normalized spacial score (nSPS) is 11.4. The Balaban J connectivity index is 2.40. The van der Waals surface area contributed by atoms with Crippen molar-refractivity contribution in [3.8, 4) is 0 Å². The van der Waals surface area contributed by atoms with Gasteiger partial charge in [-0.1, -0.05) is 61.0 Å². The minimum Gasteiger partial charge on any atom is -0.383 e. The molecule has 0 aromatic heterocycles. The van der Waals surface area contributed by atoms with Gasteiger partial charge >= 0.3 is 0 Å². The summed E-state index contributed by atoms with van der Waals surface area (Å²) in [4.78, 5) is 17.0. The van der Waals surface area contributed by atoms with Crippen molar-refractivity contribution in [2.75, 3.05) is 6.54 Å². The summed E-state index contributed by atoms with van der Waals surface area (Å²) in [6.45, 7) is 4.70. The number of ketones is 1. The summed E-state index contributed by atoms with van der Waals surface area (Å²) >= 11 is 0. The van der Waals surface area contributed by atoms with Gasteiger partial charge in [0, 0.05) is 23.2 Å². The third-order valence-corrected chi connectivity index (χ3v) is 3.27. The topological polar surface area (TPSA) is 55.4 Å². The highest BCUT2D eigenvalue weighted by molar-refractivity contribution is 6.16. The van der Waals surface area contributed by atoms with Gasteiger partial charge in [-0.15, -0.1) is 0 Å². The molecule has 0 unspecified atom stereocenters. The number of rotatable bonds is 5. The number of hydrogen-bond acceptors (Lipinski definition) is 2. The Labute approximate surface area is 125 Å². The second-order valence-electron chi connectivity index (χ2n) is 5.01. The Kier molecular flexibility index (Phi) is 4.88. The lowest BCUT2D eigenvalue weighted by Crippen LogP contribution is -2.18. The predicted octanol–water partition coefficient (Wildman–Crippen LogP) is 3.34. The van der Waals surface area contributed by atoms with Crippen LogP contribution in [0.3, 0.4) is 0 Å². The summed E-state index contributed by atoms with van der Waals surface area (Å²) in [6, 6.07) is 14.9. The Bertz CT molecular complexity index is 657. The first-order valence-electron chi connectivity index (χ1n) is 7.14. The largest absolute Gasteiger partial charge is 0.383 e. The van der Waals surface area contributed by atoms with E-state index in [4.69, 9.17) is 5.73 Å². The maximum absolute atomic E-state index is 12.6. The van der Waals surface area contributed by atoms with Crippen LogP contribution in [0.25, 0.3) is 0 Å². The average molecular weight is 280 g/mol. The van der Waals surface area contributed by atoms with Crippen LogP contribution in [0.4, 0.5) is 0 Å². The zero-order chi connectivity index (χ0) is 15.2. The molecule has 0 radical (unpaired) electrons. The van der Waals surface area contributed by atoms with Gasteiger partial charge in [0.1, 0.15) is 5.84 Å². The third kappa shape index (κ3) is 3.57. The Morgan fingerprint density at radius 2 is 1.67 bits per heavy atom. The second-order valence-corrected chi connectivity index (χ2v) is 5.01. The number of hydrogen-bond donors (Lipinski definition) is 1. The van der Waals surface area contributed by atoms with Gasteiger partial charge in [0.05, 0.1) is 0 Å². The van der Waals surface area contributed by atoms with E-state index in [1.807, 2.05) is 56.3 Å². The van der Waals surface area contributed by atoms with E-state index in [2.05, 4.69) is 4.99 Å². The molecule has 2 rings (SSSR count). The van der Waals surface area contributed by atoms with Gasteiger partial charge in [0.15, 0.2) is 5.78 Å². The summed E-state index contributed by atoms with van der Waals surface area (Å²) in [5, 5.41) is 0. The number of benzene rings is 2. The zero-order valence-corrected chi connectivity index (χ0v) is 12.5. The monoisotopic (exact) mass is 280 g/mol. The minimum absolute atomic E-state index is 0.0275. The van der Waals surface area contributed by atoms with Crippen LogP contribution >= 0.6 is 0 Å². The molecule has 108 valence electrons. The van der Waals surface area contributed by atoms with Gasteiger partial charge in [0.2, 0.25) is 0 Å². The maximum Gasteiger partial charge on any atom is 0.193 e. The van der Waals surface area contributed by atoms with E-state index in [9.17, 15) is 4.79 Å². The van der Waals surface area contributed by atoms with Crippen molar-refractivity contribution in [1.29, 1.82) is 0 Å². The zero-order valence-electron chi connectivity index (χ0n) is 12.5. The van der Waals surface area contributed by atoms with E-state index in [0.717, 1.165) is 12.0 Å². The molecule has 0 bridgehead atoms. The quantitative estimate of drug-likeness (QED) is 0.519. The van der Waals surface area contributed by atoms with Crippen molar-refractivity contribution in [1.82, 2.24) is 0 Å². The number of aliphatic imine (C=N–C) groups is 1. The van der Waals surface area contributed by atoms with Crippen LogP contribution in [0.15, 0.2) is 53.5 Å².